The molecule has 150 valence electrons. The van der Waals surface area contributed by atoms with Crippen molar-refractivity contribution in [3.05, 3.63) is 59.7 Å². The number of para-hydroxylation sites is 1. The summed E-state index contributed by atoms with van der Waals surface area (Å²) in [6, 6.07) is 15.2. The van der Waals surface area contributed by atoms with Crippen LogP contribution in [0.15, 0.2) is 48.5 Å². The summed E-state index contributed by atoms with van der Waals surface area (Å²) >= 11 is 0. The molecule has 0 fully saturated rings. The average Bonchev–Trinajstić information content (AvgIpc) is 2.68. The van der Waals surface area contributed by atoms with Crippen LogP contribution in [0.4, 0.5) is 11.4 Å². The molecule has 3 N–H and O–H groups in total. The Bertz CT molecular complexity index is 802. The minimum absolute atomic E-state index is 0.0867. The van der Waals surface area contributed by atoms with Crippen LogP contribution >= 0.6 is 0 Å². The van der Waals surface area contributed by atoms with E-state index in [2.05, 4.69) is 30.5 Å². The first-order valence-corrected chi connectivity index (χ1v) is 9.90. The molecule has 0 aliphatic rings. The van der Waals surface area contributed by atoms with Crippen molar-refractivity contribution in [2.75, 3.05) is 24.2 Å². The predicted molar refractivity (Wildman–Crippen MR) is 115 cm³/mol. The first kappa shape index (κ1) is 21.6. The Hall–Kier alpha value is -2.66. The Kier molecular flexibility index (Phi) is 7.76. The average molecular weight is 383 g/mol. The highest BCUT2D eigenvalue weighted by molar-refractivity contribution is 5.95. The minimum Gasteiger partial charge on any atom is -0.321 e. The van der Waals surface area contributed by atoms with Crippen molar-refractivity contribution in [1.82, 2.24) is 0 Å². The quantitative estimate of drug-likeness (QED) is 0.657. The Morgan fingerprint density at radius 3 is 2.29 bits per heavy atom. The number of hydrogen-bond acceptors (Lipinski definition) is 2. The van der Waals surface area contributed by atoms with Crippen molar-refractivity contribution in [1.29, 1.82) is 0 Å². The van der Waals surface area contributed by atoms with Crippen LogP contribution in [0.2, 0.25) is 0 Å². The van der Waals surface area contributed by atoms with Crippen LogP contribution in [-0.2, 0) is 9.59 Å². The lowest BCUT2D eigenvalue weighted by molar-refractivity contribution is -0.885. The molecule has 0 aromatic heterocycles. The number of likely N-dealkylation sites (N-methyl/N-ethyl adjacent to an activating group) is 1. The van der Waals surface area contributed by atoms with E-state index >= 15 is 0 Å². The van der Waals surface area contributed by atoms with E-state index in [1.165, 1.54) is 0 Å². The topological polar surface area (TPSA) is 62.6 Å². The molecule has 1 unspecified atom stereocenters. The number of quaternary nitrogens is 1. The number of nitrogens with one attached hydrogen (secondary N) is 3. The van der Waals surface area contributed by atoms with Crippen molar-refractivity contribution < 1.29 is 14.5 Å². The molecular formula is C23H32N3O2+. The van der Waals surface area contributed by atoms with E-state index in [0.717, 1.165) is 33.8 Å². The molecule has 0 heterocycles. The summed E-state index contributed by atoms with van der Waals surface area (Å²) in [4.78, 5) is 25.9. The molecule has 2 amide bonds. The molecule has 0 radical (unpaired) electrons. The van der Waals surface area contributed by atoms with Crippen LogP contribution in [0.1, 0.15) is 44.2 Å². The lowest BCUT2D eigenvalue weighted by Gasteiger charge is -2.22. The Morgan fingerprint density at radius 1 is 1.00 bits per heavy atom. The SMILES string of the molecule is CC[C@H](C)c1ccccc1NC(=O)[C@H](C)[NH+](C)CC(=O)Nc1ccc(C)cc1. The molecule has 28 heavy (non-hydrogen) atoms. The molecule has 2 rings (SSSR count). The standard InChI is InChI=1S/C23H31N3O2/c1-6-17(3)20-9-7-8-10-21(20)25-23(28)18(4)26(5)15-22(27)24-19-13-11-16(2)12-14-19/h7-14,17-18H,6,15H2,1-5H3,(H,24,27)(H,25,28)/p+1/t17-,18-/m0/s1. The van der Waals surface area contributed by atoms with Gasteiger partial charge >= 0.3 is 0 Å². The molecule has 0 saturated carbocycles. The number of benzene rings is 2. The number of hydrogen-bond donors (Lipinski definition) is 3. The van der Waals surface area contributed by atoms with Gasteiger partial charge in [-0.05, 0) is 49.9 Å². The fourth-order valence-electron chi connectivity index (χ4n) is 2.97. The van der Waals surface area contributed by atoms with Crippen LogP contribution in [-0.4, -0.2) is 31.4 Å². The first-order chi connectivity index (χ1) is 13.3. The summed E-state index contributed by atoms with van der Waals surface area (Å²) in [6.45, 7) is 8.35. The molecule has 5 heteroatoms. The lowest BCUT2D eigenvalue weighted by atomic mass is 9.97. The largest absolute Gasteiger partial charge is 0.321 e. The molecule has 0 spiro atoms. The van der Waals surface area contributed by atoms with Crippen molar-refractivity contribution >= 4 is 23.2 Å². The van der Waals surface area contributed by atoms with Gasteiger partial charge in [0.15, 0.2) is 12.6 Å². The van der Waals surface area contributed by atoms with Crippen LogP contribution in [0.3, 0.4) is 0 Å². The third kappa shape index (κ3) is 5.92. The van der Waals surface area contributed by atoms with E-state index in [9.17, 15) is 9.59 Å². The van der Waals surface area contributed by atoms with Gasteiger partial charge in [0.1, 0.15) is 0 Å². The Labute approximate surface area is 168 Å². The van der Waals surface area contributed by atoms with E-state index in [1.807, 2.05) is 63.4 Å². The molecule has 0 saturated heterocycles. The van der Waals surface area contributed by atoms with Crippen molar-refractivity contribution in [2.24, 2.45) is 0 Å². The van der Waals surface area contributed by atoms with Gasteiger partial charge in [-0.1, -0.05) is 49.7 Å². The normalized spacial score (nSPS) is 14.0. The summed E-state index contributed by atoms with van der Waals surface area (Å²) in [5.74, 6) is 0.176. The third-order valence-corrected chi connectivity index (χ3v) is 5.27. The number of aryl methyl sites for hydroxylation is 1. The van der Waals surface area contributed by atoms with Crippen molar-refractivity contribution in [2.45, 2.75) is 46.1 Å². The number of carbonyl (C=O) groups excluding carboxylic acids is 2. The zero-order valence-electron chi connectivity index (χ0n) is 17.5. The molecule has 2 aromatic carbocycles. The minimum atomic E-state index is -0.353. The maximum atomic E-state index is 12.7. The second-order valence-corrected chi connectivity index (χ2v) is 7.54. The summed E-state index contributed by atoms with van der Waals surface area (Å²) < 4.78 is 0. The molecule has 5 nitrogen and oxygen atoms in total. The third-order valence-electron chi connectivity index (χ3n) is 5.27. The van der Waals surface area contributed by atoms with Gasteiger partial charge in [0.2, 0.25) is 0 Å². The summed E-state index contributed by atoms with van der Waals surface area (Å²) in [6.07, 6.45) is 1.01. The maximum Gasteiger partial charge on any atom is 0.282 e. The molecule has 0 aliphatic carbocycles. The van der Waals surface area contributed by atoms with Crippen LogP contribution < -0.4 is 15.5 Å². The van der Waals surface area contributed by atoms with Crippen LogP contribution in [0, 0.1) is 6.92 Å². The van der Waals surface area contributed by atoms with Gasteiger partial charge in [0, 0.05) is 11.4 Å². The van der Waals surface area contributed by atoms with E-state index in [4.69, 9.17) is 0 Å². The monoisotopic (exact) mass is 382 g/mol. The number of carbonyl (C=O) groups is 2. The molecule has 3 atom stereocenters. The number of amides is 2. The highest BCUT2D eigenvalue weighted by Crippen LogP contribution is 2.26. The second-order valence-electron chi connectivity index (χ2n) is 7.54. The zero-order valence-corrected chi connectivity index (χ0v) is 17.5. The summed E-state index contributed by atoms with van der Waals surface area (Å²) in [5, 5.41) is 5.93. The first-order valence-electron chi connectivity index (χ1n) is 9.90. The molecule has 0 aliphatic heterocycles. The van der Waals surface area contributed by atoms with Gasteiger partial charge in [-0.3, -0.25) is 9.59 Å². The smallest absolute Gasteiger partial charge is 0.282 e. The van der Waals surface area contributed by atoms with E-state index in [1.54, 1.807) is 0 Å². The molecule has 2 aromatic rings. The van der Waals surface area contributed by atoms with Gasteiger partial charge in [-0.15, -0.1) is 0 Å². The second kappa shape index (κ2) is 10.0. The molecular weight excluding hydrogens is 350 g/mol. The van der Waals surface area contributed by atoms with Gasteiger partial charge in [0.25, 0.3) is 11.8 Å². The highest BCUT2D eigenvalue weighted by Gasteiger charge is 2.25. The zero-order chi connectivity index (χ0) is 20.7. The molecule has 0 bridgehead atoms. The van der Waals surface area contributed by atoms with E-state index in [-0.39, 0.29) is 24.4 Å². The summed E-state index contributed by atoms with van der Waals surface area (Å²) in [7, 11) is 1.86. The number of rotatable bonds is 8. The lowest BCUT2D eigenvalue weighted by Crippen LogP contribution is -3.14. The van der Waals surface area contributed by atoms with Crippen LogP contribution in [0.25, 0.3) is 0 Å². The predicted octanol–water partition coefficient (Wildman–Crippen LogP) is 2.99. The van der Waals surface area contributed by atoms with E-state index < -0.39 is 0 Å². The van der Waals surface area contributed by atoms with Gasteiger partial charge in [0.05, 0.1) is 7.05 Å². The van der Waals surface area contributed by atoms with Gasteiger partial charge in [-0.2, -0.15) is 0 Å². The van der Waals surface area contributed by atoms with Gasteiger partial charge in [-0.25, -0.2) is 0 Å². The Balaban J connectivity index is 1.95. The maximum absolute atomic E-state index is 12.7. The fraction of sp³-hybridized carbons (Fsp3) is 0.391. The number of anilines is 2. The van der Waals surface area contributed by atoms with Crippen LogP contribution in [0.5, 0.6) is 0 Å². The van der Waals surface area contributed by atoms with Crippen molar-refractivity contribution in [3.63, 3.8) is 0 Å². The fourth-order valence-corrected chi connectivity index (χ4v) is 2.97. The van der Waals surface area contributed by atoms with Gasteiger partial charge < -0.3 is 15.5 Å². The Morgan fingerprint density at radius 2 is 1.64 bits per heavy atom. The van der Waals surface area contributed by atoms with Crippen molar-refractivity contribution in [3.8, 4) is 0 Å². The summed E-state index contributed by atoms with van der Waals surface area (Å²) in [5.41, 5.74) is 3.90. The highest BCUT2D eigenvalue weighted by atomic mass is 16.2. The van der Waals surface area contributed by atoms with E-state index in [0.29, 0.717) is 5.92 Å².